The predicted octanol–water partition coefficient (Wildman–Crippen LogP) is 3.45. The highest BCUT2D eigenvalue weighted by Gasteiger charge is 2.01. The third kappa shape index (κ3) is 2.38. The lowest BCUT2D eigenvalue weighted by atomic mass is 10.0. The lowest BCUT2D eigenvalue weighted by molar-refractivity contribution is 0.917. The number of hydrogen-bond acceptors (Lipinski definition) is 1. The molecule has 0 aliphatic rings. The Morgan fingerprint density at radius 2 is 1.73 bits per heavy atom. The first-order chi connectivity index (χ1) is 6.81. The fourth-order valence-electron chi connectivity index (χ4n) is 1.55. The van der Waals surface area contributed by atoms with Gasteiger partial charge in [0.15, 0.2) is 0 Å². The van der Waals surface area contributed by atoms with Crippen molar-refractivity contribution in [3.05, 3.63) is 60.7 Å². The van der Waals surface area contributed by atoms with Crippen LogP contribution in [0.1, 0.15) is 11.6 Å². The van der Waals surface area contributed by atoms with Gasteiger partial charge < -0.3 is 5.73 Å². The summed E-state index contributed by atoms with van der Waals surface area (Å²) >= 11 is 0. The van der Waals surface area contributed by atoms with Gasteiger partial charge in [-0.3, -0.25) is 0 Å². The van der Waals surface area contributed by atoms with Gasteiger partial charge in [0.1, 0.15) is 0 Å². The van der Waals surface area contributed by atoms with Crippen LogP contribution in [0.4, 0.5) is 0 Å². The highest BCUT2D eigenvalue weighted by molar-refractivity contribution is 5.85. The lowest BCUT2D eigenvalue weighted by Gasteiger charge is -2.07. The summed E-state index contributed by atoms with van der Waals surface area (Å²) in [5.41, 5.74) is 6.98. The van der Waals surface area contributed by atoms with Gasteiger partial charge >= 0.3 is 0 Å². The Labute approximate surface area is 96.0 Å². The number of halogens is 1. The van der Waals surface area contributed by atoms with Crippen LogP contribution in [0.15, 0.2) is 55.1 Å². The van der Waals surface area contributed by atoms with Crippen molar-refractivity contribution in [3.8, 4) is 0 Å². The standard InChI is InChI=1S/C13H13N.ClH/c1-2-13(14)12-8-7-10-5-3-4-6-11(10)9-12;/h2-9,13H,1,14H2;1H/t13-;/m0./s1. The van der Waals surface area contributed by atoms with Gasteiger partial charge in [-0.2, -0.15) is 0 Å². The van der Waals surface area contributed by atoms with Crippen molar-refractivity contribution in [1.29, 1.82) is 0 Å². The Kier molecular flexibility index (Phi) is 3.89. The zero-order valence-corrected chi connectivity index (χ0v) is 9.21. The minimum Gasteiger partial charge on any atom is -0.321 e. The molecule has 0 aliphatic heterocycles. The van der Waals surface area contributed by atoms with Gasteiger partial charge in [0, 0.05) is 6.04 Å². The number of rotatable bonds is 2. The van der Waals surface area contributed by atoms with Crippen LogP contribution in [-0.2, 0) is 0 Å². The number of hydrogen-bond donors (Lipinski definition) is 1. The van der Waals surface area contributed by atoms with Crippen LogP contribution in [0.5, 0.6) is 0 Å². The van der Waals surface area contributed by atoms with Gasteiger partial charge in [-0.25, -0.2) is 0 Å². The summed E-state index contributed by atoms with van der Waals surface area (Å²) < 4.78 is 0. The Morgan fingerprint density at radius 1 is 1.07 bits per heavy atom. The first-order valence-electron chi connectivity index (χ1n) is 4.68. The van der Waals surface area contributed by atoms with E-state index < -0.39 is 0 Å². The molecule has 0 amide bonds. The molecule has 0 fully saturated rings. The van der Waals surface area contributed by atoms with E-state index in [1.807, 2.05) is 12.1 Å². The van der Waals surface area contributed by atoms with E-state index in [4.69, 9.17) is 5.73 Å². The fraction of sp³-hybridized carbons (Fsp3) is 0.0769. The minimum atomic E-state index is -0.0698. The molecule has 2 aromatic carbocycles. The van der Waals surface area contributed by atoms with Gasteiger partial charge in [-0.15, -0.1) is 19.0 Å². The Balaban J connectivity index is 0.00000112. The smallest absolute Gasteiger partial charge is 0.0478 e. The van der Waals surface area contributed by atoms with Crippen molar-refractivity contribution in [2.45, 2.75) is 6.04 Å². The Hall–Kier alpha value is -1.31. The van der Waals surface area contributed by atoms with Crippen LogP contribution in [0.3, 0.4) is 0 Å². The third-order valence-corrected chi connectivity index (χ3v) is 2.41. The van der Waals surface area contributed by atoms with E-state index in [1.165, 1.54) is 10.8 Å². The average Bonchev–Trinajstić information content (AvgIpc) is 2.27. The third-order valence-electron chi connectivity index (χ3n) is 2.41. The SMILES string of the molecule is C=C[C@H](N)c1ccc2ccccc2c1.Cl. The Bertz CT molecular complexity index is 465. The van der Waals surface area contributed by atoms with Crippen molar-refractivity contribution in [1.82, 2.24) is 0 Å². The summed E-state index contributed by atoms with van der Waals surface area (Å²) in [6.07, 6.45) is 1.75. The van der Waals surface area contributed by atoms with Crippen LogP contribution >= 0.6 is 12.4 Å². The second kappa shape index (κ2) is 4.96. The molecule has 2 heteroatoms. The molecule has 2 rings (SSSR count). The summed E-state index contributed by atoms with van der Waals surface area (Å²) in [6.45, 7) is 3.69. The average molecular weight is 220 g/mol. The summed E-state index contributed by atoms with van der Waals surface area (Å²) in [4.78, 5) is 0. The van der Waals surface area contributed by atoms with Crippen molar-refractivity contribution >= 4 is 23.2 Å². The van der Waals surface area contributed by atoms with E-state index in [2.05, 4.69) is 36.9 Å². The molecule has 2 N–H and O–H groups in total. The molecule has 2 aromatic rings. The minimum absolute atomic E-state index is 0. The molecule has 0 aliphatic carbocycles. The van der Waals surface area contributed by atoms with Crippen molar-refractivity contribution in [2.24, 2.45) is 5.73 Å². The van der Waals surface area contributed by atoms with Gasteiger partial charge in [0.25, 0.3) is 0 Å². The van der Waals surface area contributed by atoms with Gasteiger partial charge in [0.2, 0.25) is 0 Å². The molecule has 0 saturated heterocycles. The highest BCUT2D eigenvalue weighted by atomic mass is 35.5. The van der Waals surface area contributed by atoms with Crippen LogP contribution in [0.2, 0.25) is 0 Å². The monoisotopic (exact) mass is 219 g/mol. The molecule has 0 spiro atoms. The maximum absolute atomic E-state index is 5.87. The van der Waals surface area contributed by atoms with E-state index in [0.29, 0.717) is 0 Å². The molecule has 15 heavy (non-hydrogen) atoms. The predicted molar refractivity (Wildman–Crippen MR) is 68.3 cm³/mol. The van der Waals surface area contributed by atoms with Crippen molar-refractivity contribution < 1.29 is 0 Å². The normalized spacial score (nSPS) is 11.8. The van der Waals surface area contributed by atoms with E-state index in [1.54, 1.807) is 6.08 Å². The summed E-state index contributed by atoms with van der Waals surface area (Å²) in [6, 6.07) is 14.4. The van der Waals surface area contributed by atoms with Gasteiger partial charge in [0.05, 0.1) is 0 Å². The molecule has 78 valence electrons. The van der Waals surface area contributed by atoms with Gasteiger partial charge in [-0.1, -0.05) is 42.5 Å². The molecule has 0 saturated carbocycles. The number of fused-ring (bicyclic) bond motifs is 1. The Morgan fingerprint density at radius 3 is 2.40 bits per heavy atom. The molecule has 0 aromatic heterocycles. The number of nitrogens with two attached hydrogens (primary N) is 1. The first kappa shape index (κ1) is 11.8. The van der Waals surface area contributed by atoms with Crippen LogP contribution in [0.25, 0.3) is 10.8 Å². The number of benzene rings is 2. The summed E-state index contributed by atoms with van der Waals surface area (Å²) in [5, 5.41) is 2.47. The molecule has 1 atom stereocenters. The maximum Gasteiger partial charge on any atom is 0.0478 e. The molecular weight excluding hydrogens is 206 g/mol. The van der Waals surface area contributed by atoms with Gasteiger partial charge in [-0.05, 0) is 22.4 Å². The van der Waals surface area contributed by atoms with E-state index in [-0.39, 0.29) is 18.4 Å². The van der Waals surface area contributed by atoms with Crippen molar-refractivity contribution in [2.75, 3.05) is 0 Å². The van der Waals surface area contributed by atoms with E-state index >= 15 is 0 Å². The zero-order chi connectivity index (χ0) is 9.97. The molecule has 0 radical (unpaired) electrons. The molecule has 0 heterocycles. The van der Waals surface area contributed by atoms with E-state index in [9.17, 15) is 0 Å². The second-order valence-corrected chi connectivity index (χ2v) is 3.37. The quantitative estimate of drug-likeness (QED) is 0.770. The summed E-state index contributed by atoms with van der Waals surface area (Å²) in [5.74, 6) is 0. The second-order valence-electron chi connectivity index (χ2n) is 3.37. The largest absolute Gasteiger partial charge is 0.321 e. The van der Waals surface area contributed by atoms with Crippen LogP contribution in [-0.4, -0.2) is 0 Å². The van der Waals surface area contributed by atoms with Crippen molar-refractivity contribution in [3.63, 3.8) is 0 Å². The maximum atomic E-state index is 5.87. The lowest BCUT2D eigenvalue weighted by Crippen LogP contribution is -2.05. The molecule has 1 nitrogen and oxygen atoms in total. The van der Waals surface area contributed by atoms with Crippen LogP contribution in [0, 0.1) is 0 Å². The topological polar surface area (TPSA) is 26.0 Å². The molecule has 0 bridgehead atoms. The first-order valence-corrected chi connectivity index (χ1v) is 4.68. The fourth-order valence-corrected chi connectivity index (χ4v) is 1.55. The molecule has 0 unspecified atom stereocenters. The molecular formula is C13H14ClN. The zero-order valence-electron chi connectivity index (χ0n) is 8.39. The van der Waals surface area contributed by atoms with Crippen LogP contribution < -0.4 is 5.73 Å². The highest BCUT2D eigenvalue weighted by Crippen LogP contribution is 2.19. The summed E-state index contributed by atoms with van der Waals surface area (Å²) in [7, 11) is 0. The van der Waals surface area contributed by atoms with E-state index in [0.717, 1.165) is 5.56 Å².